The highest BCUT2D eigenvalue weighted by Crippen LogP contribution is 2.18. The number of carbonyl (C=O) groups is 1. The Labute approximate surface area is 125 Å². The number of amides is 1. The predicted molar refractivity (Wildman–Crippen MR) is 79.5 cm³/mol. The molecule has 0 bridgehead atoms. The van der Waals surface area contributed by atoms with Gasteiger partial charge in [-0.2, -0.15) is 0 Å². The van der Waals surface area contributed by atoms with Gasteiger partial charge in [-0.25, -0.2) is 8.78 Å². The molecule has 0 fully saturated rings. The molecule has 0 heterocycles. The van der Waals surface area contributed by atoms with Gasteiger partial charge in [0.05, 0.1) is 0 Å². The smallest absolute Gasteiger partial charge is 0.226 e. The Bertz CT molecular complexity index is 612. The van der Waals surface area contributed by atoms with Crippen LogP contribution in [0.15, 0.2) is 42.5 Å². The van der Waals surface area contributed by atoms with Crippen LogP contribution >= 0.6 is 11.6 Å². The molecule has 0 radical (unpaired) electrons. The number of benzene rings is 2. The lowest BCUT2D eigenvalue weighted by molar-refractivity contribution is -0.115. The highest BCUT2D eigenvalue weighted by molar-refractivity contribution is 6.30. The summed E-state index contributed by atoms with van der Waals surface area (Å²) in [7, 11) is 0. The molecule has 0 unspecified atom stereocenters. The molecule has 0 saturated carbocycles. The van der Waals surface area contributed by atoms with Crippen LogP contribution in [0, 0.1) is 11.6 Å². The third kappa shape index (κ3) is 4.43. The van der Waals surface area contributed by atoms with Gasteiger partial charge in [0.2, 0.25) is 5.91 Å². The largest absolute Gasteiger partial charge is 0.380 e. The molecule has 0 spiro atoms. The molecule has 0 aliphatic heterocycles. The topological polar surface area (TPSA) is 41.1 Å². The summed E-state index contributed by atoms with van der Waals surface area (Å²) in [5.74, 6) is -1.64. The zero-order chi connectivity index (χ0) is 15.2. The van der Waals surface area contributed by atoms with Crippen molar-refractivity contribution in [1.29, 1.82) is 0 Å². The van der Waals surface area contributed by atoms with Crippen LogP contribution in [0.25, 0.3) is 0 Å². The van der Waals surface area contributed by atoms with E-state index < -0.39 is 11.6 Å². The van der Waals surface area contributed by atoms with Gasteiger partial charge in [0, 0.05) is 23.7 Å². The van der Waals surface area contributed by atoms with Crippen molar-refractivity contribution in [2.45, 2.75) is 6.42 Å². The second-order valence-corrected chi connectivity index (χ2v) is 4.76. The van der Waals surface area contributed by atoms with Crippen molar-refractivity contribution in [3.63, 3.8) is 0 Å². The van der Waals surface area contributed by atoms with E-state index in [0.717, 1.165) is 12.1 Å². The lowest BCUT2D eigenvalue weighted by Gasteiger charge is -2.09. The van der Waals surface area contributed by atoms with Gasteiger partial charge in [-0.05, 0) is 36.4 Å². The second-order valence-electron chi connectivity index (χ2n) is 4.33. The van der Waals surface area contributed by atoms with Crippen molar-refractivity contribution in [2.75, 3.05) is 17.2 Å². The molecule has 0 aliphatic rings. The van der Waals surface area contributed by atoms with E-state index in [2.05, 4.69) is 10.6 Å². The van der Waals surface area contributed by atoms with Crippen molar-refractivity contribution in [3.8, 4) is 0 Å². The summed E-state index contributed by atoms with van der Waals surface area (Å²) < 4.78 is 26.7. The zero-order valence-electron chi connectivity index (χ0n) is 11.0. The lowest BCUT2D eigenvalue weighted by atomic mass is 10.2. The Morgan fingerprint density at radius 3 is 2.29 bits per heavy atom. The van der Waals surface area contributed by atoms with Gasteiger partial charge in [-0.3, -0.25) is 4.79 Å². The van der Waals surface area contributed by atoms with Crippen molar-refractivity contribution >= 4 is 28.9 Å². The highest BCUT2D eigenvalue weighted by Gasteiger charge is 2.08. The molecule has 0 aliphatic carbocycles. The molecule has 2 rings (SSSR count). The summed E-state index contributed by atoms with van der Waals surface area (Å²) >= 11 is 5.74. The number of hydrogen-bond donors (Lipinski definition) is 2. The number of anilines is 2. The fourth-order valence-electron chi connectivity index (χ4n) is 1.72. The summed E-state index contributed by atoms with van der Waals surface area (Å²) in [4.78, 5) is 11.7. The van der Waals surface area contributed by atoms with Crippen LogP contribution in [-0.2, 0) is 4.79 Å². The molecule has 2 aromatic carbocycles. The fourth-order valence-corrected chi connectivity index (χ4v) is 1.85. The summed E-state index contributed by atoms with van der Waals surface area (Å²) in [6.45, 7) is 0.122. The SMILES string of the molecule is O=C(CCNc1c(F)cccc1F)Nc1ccc(Cl)cc1. The maximum atomic E-state index is 13.3. The van der Waals surface area contributed by atoms with Gasteiger partial charge in [-0.15, -0.1) is 0 Å². The van der Waals surface area contributed by atoms with Crippen LogP contribution < -0.4 is 10.6 Å². The van der Waals surface area contributed by atoms with Crippen LogP contribution in [-0.4, -0.2) is 12.5 Å². The quantitative estimate of drug-likeness (QED) is 0.874. The van der Waals surface area contributed by atoms with Crippen molar-refractivity contribution < 1.29 is 13.6 Å². The molecule has 6 heteroatoms. The van der Waals surface area contributed by atoms with Crippen molar-refractivity contribution in [2.24, 2.45) is 0 Å². The van der Waals surface area contributed by atoms with Crippen LogP contribution in [0.2, 0.25) is 5.02 Å². The molecular weight excluding hydrogens is 298 g/mol. The number of carbonyl (C=O) groups excluding carboxylic acids is 1. The maximum absolute atomic E-state index is 13.3. The van der Waals surface area contributed by atoms with Gasteiger partial charge in [0.1, 0.15) is 17.3 Å². The Morgan fingerprint density at radius 1 is 1.05 bits per heavy atom. The Hall–Kier alpha value is -2.14. The van der Waals surface area contributed by atoms with Crippen molar-refractivity contribution in [1.82, 2.24) is 0 Å². The zero-order valence-corrected chi connectivity index (χ0v) is 11.8. The van der Waals surface area contributed by atoms with Gasteiger partial charge in [-0.1, -0.05) is 17.7 Å². The first-order valence-electron chi connectivity index (χ1n) is 6.29. The highest BCUT2D eigenvalue weighted by atomic mass is 35.5. The number of halogens is 3. The first kappa shape index (κ1) is 15.3. The minimum atomic E-state index is -0.687. The fraction of sp³-hybridized carbons (Fsp3) is 0.133. The van der Waals surface area contributed by atoms with Gasteiger partial charge in [0.25, 0.3) is 0 Å². The first-order chi connectivity index (χ1) is 10.1. The van der Waals surface area contributed by atoms with Gasteiger partial charge in [0.15, 0.2) is 0 Å². The average Bonchev–Trinajstić information content (AvgIpc) is 2.45. The molecule has 2 N–H and O–H groups in total. The minimum Gasteiger partial charge on any atom is -0.380 e. The van der Waals surface area contributed by atoms with E-state index in [1.54, 1.807) is 24.3 Å². The molecule has 0 saturated heterocycles. The average molecular weight is 311 g/mol. The summed E-state index contributed by atoms with van der Waals surface area (Å²) in [6.07, 6.45) is 0.0798. The number of nitrogens with one attached hydrogen (secondary N) is 2. The van der Waals surface area contributed by atoms with E-state index in [1.807, 2.05) is 0 Å². The molecule has 0 atom stereocenters. The normalized spacial score (nSPS) is 10.2. The van der Waals surface area contributed by atoms with E-state index in [1.165, 1.54) is 6.07 Å². The van der Waals surface area contributed by atoms with Crippen LogP contribution in [0.5, 0.6) is 0 Å². The molecule has 2 aromatic rings. The molecule has 1 amide bonds. The molecular formula is C15H13ClF2N2O. The summed E-state index contributed by atoms with van der Waals surface area (Å²) in [5.41, 5.74) is 0.387. The van der Waals surface area contributed by atoms with Crippen LogP contribution in [0.4, 0.5) is 20.2 Å². The third-order valence-electron chi connectivity index (χ3n) is 2.74. The third-order valence-corrected chi connectivity index (χ3v) is 3.00. The van der Waals surface area contributed by atoms with Crippen molar-refractivity contribution in [3.05, 3.63) is 59.1 Å². The van der Waals surface area contributed by atoms with E-state index >= 15 is 0 Å². The lowest BCUT2D eigenvalue weighted by Crippen LogP contribution is -2.17. The molecule has 21 heavy (non-hydrogen) atoms. The van der Waals surface area contributed by atoms with Crippen LogP contribution in [0.1, 0.15) is 6.42 Å². The second kappa shape index (κ2) is 7.04. The molecule has 0 aromatic heterocycles. The monoisotopic (exact) mass is 310 g/mol. The standard InChI is InChI=1S/C15H13ClF2N2O/c16-10-4-6-11(7-5-10)20-14(21)8-9-19-15-12(17)2-1-3-13(15)18/h1-7,19H,8-9H2,(H,20,21). The minimum absolute atomic E-state index is 0.0798. The van der Waals surface area contributed by atoms with E-state index in [-0.39, 0.29) is 24.6 Å². The Balaban J connectivity index is 1.83. The Morgan fingerprint density at radius 2 is 1.67 bits per heavy atom. The number of rotatable bonds is 5. The summed E-state index contributed by atoms with van der Waals surface area (Å²) in [5, 5.41) is 5.81. The van der Waals surface area contributed by atoms with Gasteiger partial charge >= 0.3 is 0 Å². The van der Waals surface area contributed by atoms with E-state index in [0.29, 0.717) is 10.7 Å². The molecule has 110 valence electrons. The first-order valence-corrected chi connectivity index (χ1v) is 6.67. The van der Waals surface area contributed by atoms with Gasteiger partial charge < -0.3 is 10.6 Å². The van der Waals surface area contributed by atoms with E-state index in [4.69, 9.17) is 11.6 Å². The Kier molecular flexibility index (Phi) is 5.11. The number of para-hydroxylation sites is 1. The predicted octanol–water partition coefficient (Wildman–Crippen LogP) is 4.06. The number of hydrogen-bond acceptors (Lipinski definition) is 2. The molecule has 3 nitrogen and oxygen atoms in total. The van der Waals surface area contributed by atoms with E-state index in [9.17, 15) is 13.6 Å². The maximum Gasteiger partial charge on any atom is 0.226 e. The summed E-state index contributed by atoms with van der Waals surface area (Å²) in [6, 6.07) is 10.2. The van der Waals surface area contributed by atoms with Crippen LogP contribution in [0.3, 0.4) is 0 Å².